The van der Waals surface area contributed by atoms with Gasteiger partial charge in [-0.05, 0) is 25.0 Å². The Kier molecular flexibility index (Phi) is 3.61. The number of rotatable bonds is 2. The van der Waals surface area contributed by atoms with E-state index in [1.165, 1.54) is 6.20 Å². The van der Waals surface area contributed by atoms with Crippen molar-refractivity contribution in [1.82, 2.24) is 14.8 Å². The van der Waals surface area contributed by atoms with Crippen LogP contribution in [0.15, 0.2) is 18.3 Å². The van der Waals surface area contributed by atoms with Gasteiger partial charge in [-0.25, -0.2) is 4.98 Å². The highest BCUT2D eigenvalue weighted by Crippen LogP contribution is 2.31. The highest BCUT2D eigenvalue weighted by molar-refractivity contribution is 6.29. The molecule has 1 aliphatic carbocycles. The van der Waals surface area contributed by atoms with E-state index >= 15 is 0 Å². The molecule has 0 aromatic carbocycles. The number of carbonyl (C=O) groups is 2. The first-order chi connectivity index (χ1) is 9.65. The van der Waals surface area contributed by atoms with Gasteiger partial charge in [0.1, 0.15) is 5.15 Å². The van der Waals surface area contributed by atoms with E-state index in [1.54, 1.807) is 17.0 Å². The summed E-state index contributed by atoms with van der Waals surface area (Å²) in [6.07, 6.45) is 3.57. The van der Waals surface area contributed by atoms with Crippen LogP contribution in [0.2, 0.25) is 5.15 Å². The SMILES string of the molecule is O=C(c1ccnc(Cl)c1)N1CCN(C(=O)C2CC2)CC1. The number of amides is 2. The second-order valence-corrected chi connectivity index (χ2v) is 5.65. The van der Waals surface area contributed by atoms with Gasteiger partial charge in [-0.2, -0.15) is 0 Å². The Hall–Kier alpha value is -1.62. The van der Waals surface area contributed by atoms with E-state index < -0.39 is 0 Å². The molecular formula is C14H16ClN3O2. The van der Waals surface area contributed by atoms with E-state index in [1.807, 2.05) is 4.90 Å². The van der Waals surface area contributed by atoms with Crippen molar-refractivity contribution in [3.05, 3.63) is 29.0 Å². The zero-order valence-corrected chi connectivity index (χ0v) is 11.8. The summed E-state index contributed by atoms with van der Waals surface area (Å²) in [6, 6.07) is 3.24. The van der Waals surface area contributed by atoms with Crippen LogP contribution in [0.25, 0.3) is 0 Å². The predicted octanol–water partition coefficient (Wildman–Crippen LogP) is 1.43. The van der Waals surface area contributed by atoms with Crippen molar-refractivity contribution < 1.29 is 9.59 Å². The minimum atomic E-state index is -0.0483. The van der Waals surface area contributed by atoms with E-state index in [9.17, 15) is 9.59 Å². The molecule has 2 amide bonds. The summed E-state index contributed by atoms with van der Waals surface area (Å²) < 4.78 is 0. The first-order valence-corrected chi connectivity index (χ1v) is 7.22. The minimum absolute atomic E-state index is 0.0483. The highest BCUT2D eigenvalue weighted by Gasteiger charge is 2.35. The zero-order chi connectivity index (χ0) is 14.1. The third-order valence-electron chi connectivity index (χ3n) is 3.78. The Labute approximate surface area is 122 Å². The van der Waals surface area contributed by atoms with Gasteiger partial charge in [0.05, 0.1) is 0 Å². The van der Waals surface area contributed by atoms with Gasteiger partial charge in [0.15, 0.2) is 0 Å². The third kappa shape index (κ3) is 2.77. The molecular weight excluding hydrogens is 278 g/mol. The fraction of sp³-hybridized carbons (Fsp3) is 0.500. The number of aromatic nitrogens is 1. The number of hydrogen-bond acceptors (Lipinski definition) is 3. The molecule has 1 aliphatic heterocycles. The first kappa shape index (κ1) is 13.4. The molecule has 0 N–H and O–H groups in total. The lowest BCUT2D eigenvalue weighted by Crippen LogP contribution is -2.51. The maximum absolute atomic E-state index is 12.3. The summed E-state index contributed by atoms with van der Waals surface area (Å²) in [6.45, 7) is 2.41. The van der Waals surface area contributed by atoms with Gasteiger partial charge in [0.2, 0.25) is 5.91 Å². The van der Waals surface area contributed by atoms with Crippen molar-refractivity contribution in [2.75, 3.05) is 26.2 Å². The highest BCUT2D eigenvalue weighted by atomic mass is 35.5. The molecule has 2 heterocycles. The van der Waals surface area contributed by atoms with E-state index in [2.05, 4.69) is 4.98 Å². The van der Waals surface area contributed by atoms with Crippen LogP contribution in [-0.2, 0) is 4.79 Å². The molecule has 0 spiro atoms. The Bertz CT molecular complexity index is 537. The van der Waals surface area contributed by atoms with Crippen LogP contribution in [0.1, 0.15) is 23.2 Å². The van der Waals surface area contributed by atoms with Crippen LogP contribution in [-0.4, -0.2) is 52.8 Å². The molecule has 2 fully saturated rings. The molecule has 1 saturated heterocycles. The zero-order valence-electron chi connectivity index (χ0n) is 11.1. The molecule has 0 bridgehead atoms. The molecule has 0 unspecified atom stereocenters. The van der Waals surface area contributed by atoms with Crippen molar-refractivity contribution >= 4 is 23.4 Å². The topological polar surface area (TPSA) is 53.5 Å². The number of pyridine rings is 1. The maximum Gasteiger partial charge on any atom is 0.254 e. The Balaban J connectivity index is 1.60. The summed E-state index contributed by atoms with van der Waals surface area (Å²) in [7, 11) is 0. The smallest absolute Gasteiger partial charge is 0.254 e. The molecule has 1 aromatic rings. The molecule has 0 atom stereocenters. The van der Waals surface area contributed by atoms with Crippen LogP contribution in [0.4, 0.5) is 0 Å². The maximum atomic E-state index is 12.3. The van der Waals surface area contributed by atoms with Gasteiger partial charge in [-0.15, -0.1) is 0 Å². The van der Waals surface area contributed by atoms with Crippen molar-refractivity contribution in [1.29, 1.82) is 0 Å². The molecule has 0 radical (unpaired) electrons. The van der Waals surface area contributed by atoms with Crippen molar-refractivity contribution in [3.63, 3.8) is 0 Å². The summed E-state index contributed by atoms with van der Waals surface area (Å²) >= 11 is 5.80. The summed E-state index contributed by atoms with van der Waals surface area (Å²) in [5.74, 6) is 0.452. The van der Waals surface area contributed by atoms with Crippen LogP contribution >= 0.6 is 11.6 Å². The first-order valence-electron chi connectivity index (χ1n) is 6.85. The van der Waals surface area contributed by atoms with Gasteiger partial charge >= 0.3 is 0 Å². The number of piperazine rings is 1. The van der Waals surface area contributed by atoms with E-state index in [-0.39, 0.29) is 17.7 Å². The van der Waals surface area contributed by atoms with E-state index in [0.29, 0.717) is 36.9 Å². The van der Waals surface area contributed by atoms with E-state index in [0.717, 1.165) is 12.8 Å². The third-order valence-corrected chi connectivity index (χ3v) is 3.99. The second kappa shape index (κ2) is 5.40. The summed E-state index contributed by atoms with van der Waals surface area (Å²) in [5.41, 5.74) is 0.548. The molecule has 6 heteroatoms. The van der Waals surface area contributed by atoms with Gasteiger partial charge in [-0.1, -0.05) is 11.6 Å². The van der Waals surface area contributed by atoms with Crippen molar-refractivity contribution in [2.45, 2.75) is 12.8 Å². The molecule has 1 saturated carbocycles. The Morgan fingerprint density at radius 3 is 2.40 bits per heavy atom. The molecule has 1 aromatic heterocycles. The quantitative estimate of drug-likeness (QED) is 0.775. The lowest BCUT2D eigenvalue weighted by molar-refractivity contribution is -0.134. The molecule has 20 heavy (non-hydrogen) atoms. The van der Waals surface area contributed by atoms with Crippen LogP contribution in [0.5, 0.6) is 0 Å². The van der Waals surface area contributed by atoms with Crippen molar-refractivity contribution in [2.24, 2.45) is 5.92 Å². The number of hydrogen-bond donors (Lipinski definition) is 0. The molecule has 2 aliphatic rings. The van der Waals surface area contributed by atoms with Gasteiger partial charge in [0.25, 0.3) is 5.91 Å². The summed E-state index contributed by atoms with van der Waals surface area (Å²) in [5, 5.41) is 0.318. The molecule has 106 valence electrons. The van der Waals surface area contributed by atoms with Gasteiger partial charge in [0, 0.05) is 43.9 Å². The van der Waals surface area contributed by atoms with Gasteiger partial charge < -0.3 is 9.80 Å². The fourth-order valence-corrected chi connectivity index (χ4v) is 2.61. The van der Waals surface area contributed by atoms with Crippen molar-refractivity contribution in [3.8, 4) is 0 Å². The average Bonchev–Trinajstić information content (AvgIpc) is 3.30. The summed E-state index contributed by atoms with van der Waals surface area (Å²) in [4.78, 5) is 31.8. The number of halogens is 1. The molecule has 3 rings (SSSR count). The fourth-order valence-electron chi connectivity index (χ4n) is 2.44. The normalized spacial score (nSPS) is 19.1. The van der Waals surface area contributed by atoms with Crippen LogP contribution < -0.4 is 0 Å². The predicted molar refractivity (Wildman–Crippen MR) is 74.5 cm³/mol. The Morgan fingerprint density at radius 2 is 1.80 bits per heavy atom. The largest absolute Gasteiger partial charge is 0.339 e. The van der Waals surface area contributed by atoms with E-state index in [4.69, 9.17) is 11.6 Å². The number of carbonyl (C=O) groups excluding carboxylic acids is 2. The van der Waals surface area contributed by atoms with Crippen LogP contribution in [0, 0.1) is 5.92 Å². The monoisotopic (exact) mass is 293 g/mol. The lowest BCUT2D eigenvalue weighted by Gasteiger charge is -2.35. The van der Waals surface area contributed by atoms with Gasteiger partial charge in [-0.3, -0.25) is 9.59 Å². The standard InChI is InChI=1S/C14H16ClN3O2/c15-12-9-11(3-4-16-12)14(20)18-7-5-17(6-8-18)13(19)10-1-2-10/h3-4,9-10H,1-2,5-8H2. The second-order valence-electron chi connectivity index (χ2n) is 5.26. The lowest BCUT2D eigenvalue weighted by atomic mass is 10.2. The molecule has 5 nitrogen and oxygen atoms in total. The van der Waals surface area contributed by atoms with Crippen LogP contribution in [0.3, 0.4) is 0 Å². The average molecular weight is 294 g/mol. The Morgan fingerprint density at radius 1 is 1.15 bits per heavy atom. The number of nitrogens with zero attached hydrogens (tertiary/aromatic N) is 3. The minimum Gasteiger partial charge on any atom is -0.339 e.